The summed E-state index contributed by atoms with van der Waals surface area (Å²) < 4.78 is 4.84. The lowest BCUT2D eigenvalue weighted by Gasteiger charge is -2.10. The Kier molecular flexibility index (Phi) is 6.11. The summed E-state index contributed by atoms with van der Waals surface area (Å²) in [6, 6.07) is 4.01. The third-order valence-electron chi connectivity index (χ3n) is 2.29. The lowest BCUT2D eigenvalue weighted by Crippen LogP contribution is -2.30. The van der Waals surface area contributed by atoms with Crippen LogP contribution in [0.25, 0.3) is 0 Å². The van der Waals surface area contributed by atoms with Crippen LogP contribution < -0.4 is 10.6 Å². The number of carboxylic acid groups (broad SMARTS) is 1. The van der Waals surface area contributed by atoms with Crippen molar-refractivity contribution in [2.24, 2.45) is 0 Å². The van der Waals surface area contributed by atoms with E-state index in [1.165, 1.54) is 12.1 Å². The van der Waals surface area contributed by atoms with Gasteiger partial charge in [0.1, 0.15) is 5.56 Å². The molecule has 0 saturated heterocycles. The molecule has 1 rings (SSSR count). The maximum absolute atomic E-state index is 11.6. The predicted octanol–water partition coefficient (Wildman–Crippen LogP) is 2.20. The van der Waals surface area contributed by atoms with Crippen LogP contribution in [-0.2, 0) is 4.74 Å². The van der Waals surface area contributed by atoms with Gasteiger partial charge in [0.15, 0.2) is 0 Å². The van der Waals surface area contributed by atoms with Gasteiger partial charge in [-0.05, 0) is 18.6 Å². The van der Waals surface area contributed by atoms with Crippen molar-refractivity contribution >= 4 is 29.3 Å². The Morgan fingerprint density at radius 2 is 2.16 bits per heavy atom. The van der Waals surface area contributed by atoms with Crippen molar-refractivity contribution in [1.82, 2.24) is 5.32 Å². The molecule has 104 valence electrons. The summed E-state index contributed by atoms with van der Waals surface area (Å²) in [5, 5.41) is 14.1. The normalized spacial score (nSPS) is 10.0. The highest BCUT2D eigenvalue weighted by Crippen LogP contribution is 2.24. The number of halogens is 1. The Morgan fingerprint density at radius 1 is 1.42 bits per heavy atom. The molecular formula is C12H15ClN2O4. The Bertz CT molecular complexity index is 465. The number of methoxy groups -OCH3 is 1. The summed E-state index contributed by atoms with van der Waals surface area (Å²) in [5.41, 5.74) is 0.0282. The van der Waals surface area contributed by atoms with Gasteiger partial charge in [0.05, 0.1) is 10.7 Å². The van der Waals surface area contributed by atoms with Gasteiger partial charge >= 0.3 is 12.0 Å². The molecule has 1 aromatic carbocycles. The SMILES string of the molecule is COCCCNC(=O)Nc1cccc(Cl)c1C(=O)O. The summed E-state index contributed by atoms with van der Waals surface area (Å²) in [7, 11) is 1.57. The Balaban J connectivity index is 2.64. The lowest BCUT2D eigenvalue weighted by atomic mass is 10.2. The fourth-order valence-electron chi connectivity index (χ4n) is 1.43. The van der Waals surface area contributed by atoms with Gasteiger partial charge in [0.2, 0.25) is 0 Å². The van der Waals surface area contributed by atoms with E-state index >= 15 is 0 Å². The number of carbonyl (C=O) groups excluding carboxylic acids is 1. The molecule has 0 atom stereocenters. The number of amides is 2. The molecule has 0 aliphatic heterocycles. The quantitative estimate of drug-likeness (QED) is 0.700. The van der Waals surface area contributed by atoms with E-state index in [-0.39, 0.29) is 16.3 Å². The van der Waals surface area contributed by atoms with Crippen molar-refractivity contribution in [3.05, 3.63) is 28.8 Å². The van der Waals surface area contributed by atoms with Crippen LogP contribution in [-0.4, -0.2) is 37.4 Å². The fraction of sp³-hybridized carbons (Fsp3) is 0.333. The molecule has 19 heavy (non-hydrogen) atoms. The van der Waals surface area contributed by atoms with E-state index < -0.39 is 12.0 Å². The Hall–Kier alpha value is -1.79. The minimum atomic E-state index is -1.19. The van der Waals surface area contributed by atoms with Gasteiger partial charge in [0, 0.05) is 20.3 Å². The molecule has 0 bridgehead atoms. The maximum atomic E-state index is 11.6. The first-order chi connectivity index (χ1) is 9.06. The Labute approximate surface area is 115 Å². The molecule has 0 unspecified atom stereocenters. The van der Waals surface area contributed by atoms with E-state index in [1.807, 2.05) is 0 Å². The van der Waals surface area contributed by atoms with Gasteiger partial charge in [-0.3, -0.25) is 0 Å². The minimum absolute atomic E-state index is 0.0738. The van der Waals surface area contributed by atoms with Crippen molar-refractivity contribution in [2.75, 3.05) is 25.6 Å². The Morgan fingerprint density at radius 3 is 2.79 bits per heavy atom. The first-order valence-corrected chi connectivity index (χ1v) is 5.99. The molecule has 0 radical (unpaired) electrons. The molecule has 6 nitrogen and oxygen atoms in total. The van der Waals surface area contributed by atoms with Crippen molar-refractivity contribution < 1.29 is 19.4 Å². The molecule has 3 N–H and O–H groups in total. The predicted molar refractivity (Wildman–Crippen MR) is 71.9 cm³/mol. The summed E-state index contributed by atoms with van der Waals surface area (Å²) in [6.07, 6.45) is 0.672. The van der Waals surface area contributed by atoms with Gasteiger partial charge < -0.3 is 20.5 Å². The van der Waals surface area contributed by atoms with Crippen LogP contribution in [0.2, 0.25) is 5.02 Å². The summed E-state index contributed by atoms with van der Waals surface area (Å²) in [5.74, 6) is -1.19. The highest BCUT2D eigenvalue weighted by molar-refractivity contribution is 6.34. The lowest BCUT2D eigenvalue weighted by molar-refractivity contribution is 0.0698. The molecule has 7 heteroatoms. The van der Waals surface area contributed by atoms with E-state index in [4.69, 9.17) is 21.4 Å². The van der Waals surface area contributed by atoms with Crippen LogP contribution in [0.15, 0.2) is 18.2 Å². The van der Waals surface area contributed by atoms with E-state index in [1.54, 1.807) is 13.2 Å². The monoisotopic (exact) mass is 286 g/mol. The molecule has 1 aromatic rings. The van der Waals surface area contributed by atoms with E-state index in [2.05, 4.69) is 10.6 Å². The van der Waals surface area contributed by atoms with Crippen molar-refractivity contribution in [1.29, 1.82) is 0 Å². The van der Waals surface area contributed by atoms with Crippen LogP contribution >= 0.6 is 11.6 Å². The molecule has 0 aliphatic carbocycles. The number of aromatic carboxylic acids is 1. The van der Waals surface area contributed by atoms with Crippen molar-refractivity contribution in [3.63, 3.8) is 0 Å². The molecule has 0 heterocycles. The number of carbonyl (C=O) groups is 2. The largest absolute Gasteiger partial charge is 0.478 e. The molecule has 0 aliphatic rings. The summed E-state index contributed by atoms with van der Waals surface area (Å²) in [4.78, 5) is 22.6. The second-order valence-corrected chi connectivity index (χ2v) is 4.10. The molecule has 0 aromatic heterocycles. The van der Waals surface area contributed by atoms with E-state index in [0.717, 1.165) is 0 Å². The molecule has 2 amide bonds. The van der Waals surface area contributed by atoms with Crippen molar-refractivity contribution in [3.8, 4) is 0 Å². The third kappa shape index (κ3) is 4.76. The zero-order valence-electron chi connectivity index (χ0n) is 10.4. The summed E-state index contributed by atoms with van der Waals surface area (Å²) in [6.45, 7) is 0.973. The summed E-state index contributed by atoms with van der Waals surface area (Å²) >= 11 is 5.78. The molecular weight excluding hydrogens is 272 g/mol. The topological polar surface area (TPSA) is 87.7 Å². The first-order valence-electron chi connectivity index (χ1n) is 5.62. The van der Waals surface area contributed by atoms with Gasteiger partial charge in [-0.25, -0.2) is 9.59 Å². The van der Waals surface area contributed by atoms with Crippen LogP contribution in [0.4, 0.5) is 10.5 Å². The average Bonchev–Trinajstić information content (AvgIpc) is 2.34. The van der Waals surface area contributed by atoms with Crippen LogP contribution in [0.1, 0.15) is 16.8 Å². The highest BCUT2D eigenvalue weighted by Gasteiger charge is 2.15. The number of hydrogen-bond donors (Lipinski definition) is 3. The molecule has 0 spiro atoms. The second-order valence-electron chi connectivity index (χ2n) is 3.69. The highest BCUT2D eigenvalue weighted by atomic mass is 35.5. The number of rotatable bonds is 6. The van der Waals surface area contributed by atoms with Crippen molar-refractivity contribution in [2.45, 2.75) is 6.42 Å². The van der Waals surface area contributed by atoms with Gasteiger partial charge in [0.25, 0.3) is 0 Å². The van der Waals surface area contributed by atoms with E-state index in [0.29, 0.717) is 19.6 Å². The number of ether oxygens (including phenoxy) is 1. The van der Waals surface area contributed by atoms with E-state index in [9.17, 15) is 9.59 Å². The zero-order chi connectivity index (χ0) is 14.3. The number of urea groups is 1. The van der Waals surface area contributed by atoms with Crippen LogP contribution in [0.3, 0.4) is 0 Å². The molecule has 0 fully saturated rings. The van der Waals surface area contributed by atoms with Crippen LogP contribution in [0.5, 0.6) is 0 Å². The number of carboxylic acids is 1. The number of benzene rings is 1. The second kappa shape index (κ2) is 7.60. The average molecular weight is 287 g/mol. The third-order valence-corrected chi connectivity index (χ3v) is 2.60. The zero-order valence-corrected chi connectivity index (χ0v) is 11.2. The number of anilines is 1. The number of hydrogen-bond acceptors (Lipinski definition) is 3. The maximum Gasteiger partial charge on any atom is 0.339 e. The standard InChI is InChI=1S/C12H15ClN2O4/c1-19-7-3-6-14-12(18)15-9-5-2-4-8(13)10(9)11(16)17/h2,4-5H,3,6-7H2,1H3,(H,16,17)(H2,14,15,18). The van der Waals surface area contributed by atoms with Crippen LogP contribution in [0, 0.1) is 0 Å². The number of nitrogens with one attached hydrogen (secondary N) is 2. The van der Waals surface area contributed by atoms with Gasteiger partial charge in [-0.15, -0.1) is 0 Å². The molecule has 0 saturated carbocycles. The first kappa shape index (κ1) is 15.3. The fourth-order valence-corrected chi connectivity index (χ4v) is 1.69. The van der Waals surface area contributed by atoms with Gasteiger partial charge in [-0.2, -0.15) is 0 Å². The minimum Gasteiger partial charge on any atom is -0.478 e. The smallest absolute Gasteiger partial charge is 0.339 e. The van der Waals surface area contributed by atoms with Gasteiger partial charge in [-0.1, -0.05) is 17.7 Å².